The normalized spacial score (nSPS) is 15.0. The SMILES string of the molecule is Clc1ccccc1-c1nc(CSc2n[nH]c(CCC3CCCC3)n2)no1. The molecule has 0 saturated heterocycles. The number of H-pyrrole nitrogens is 1. The van der Waals surface area contributed by atoms with Crippen molar-refractivity contribution in [3.63, 3.8) is 0 Å². The molecule has 8 heteroatoms. The summed E-state index contributed by atoms with van der Waals surface area (Å²) in [5.41, 5.74) is 0.741. The monoisotopic (exact) mass is 389 g/mol. The average molecular weight is 390 g/mol. The molecule has 2 heterocycles. The topological polar surface area (TPSA) is 80.5 Å². The van der Waals surface area contributed by atoms with Gasteiger partial charge in [-0.05, 0) is 24.5 Å². The number of nitrogens with zero attached hydrogens (tertiary/aromatic N) is 4. The van der Waals surface area contributed by atoms with E-state index in [0.717, 1.165) is 28.9 Å². The summed E-state index contributed by atoms with van der Waals surface area (Å²) < 4.78 is 5.31. The van der Waals surface area contributed by atoms with E-state index in [1.54, 1.807) is 6.07 Å². The van der Waals surface area contributed by atoms with Gasteiger partial charge in [0.1, 0.15) is 5.82 Å². The molecule has 0 atom stereocenters. The maximum Gasteiger partial charge on any atom is 0.259 e. The van der Waals surface area contributed by atoms with Gasteiger partial charge in [0.2, 0.25) is 5.16 Å². The lowest BCUT2D eigenvalue weighted by atomic mass is 10.0. The molecule has 3 aromatic rings. The van der Waals surface area contributed by atoms with Gasteiger partial charge in [-0.15, -0.1) is 5.10 Å². The summed E-state index contributed by atoms with van der Waals surface area (Å²) in [6.07, 6.45) is 7.65. The van der Waals surface area contributed by atoms with Gasteiger partial charge in [-0.3, -0.25) is 5.10 Å². The van der Waals surface area contributed by atoms with Gasteiger partial charge >= 0.3 is 0 Å². The first-order valence-electron chi connectivity index (χ1n) is 8.89. The fraction of sp³-hybridized carbons (Fsp3) is 0.444. The Hall–Kier alpha value is -1.86. The van der Waals surface area contributed by atoms with E-state index in [1.165, 1.54) is 43.9 Å². The van der Waals surface area contributed by atoms with Crippen molar-refractivity contribution in [2.75, 3.05) is 0 Å². The summed E-state index contributed by atoms with van der Waals surface area (Å²) in [7, 11) is 0. The van der Waals surface area contributed by atoms with Crippen molar-refractivity contribution in [2.45, 2.75) is 49.4 Å². The molecule has 0 bridgehead atoms. The molecule has 6 nitrogen and oxygen atoms in total. The Morgan fingerprint density at radius 3 is 2.88 bits per heavy atom. The number of benzene rings is 1. The van der Waals surface area contributed by atoms with E-state index in [2.05, 4.69) is 25.3 Å². The number of hydrogen-bond donors (Lipinski definition) is 1. The van der Waals surface area contributed by atoms with Gasteiger partial charge < -0.3 is 4.52 Å². The Labute approximate surface area is 161 Å². The van der Waals surface area contributed by atoms with Gasteiger partial charge in [-0.1, -0.05) is 66.3 Å². The quantitative estimate of drug-likeness (QED) is 0.577. The van der Waals surface area contributed by atoms with Crippen LogP contribution in [0.2, 0.25) is 5.02 Å². The Bertz CT molecular complexity index is 859. The second-order valence-corrected chi connectivity index (χ2v) is 7.89. The fourth-order valence-corrected chi connectivity index (χ4v) is 4.16. The fourth-order valence-electron chi connectivity index (χ4n) is 3.28. The minimum absolute atomic E-state index is 0.429. The van der Waals surface area contributed by atoms with Crippen molar-refractivity contribution in [1.29, 1.82) is 0 Å². The molecule has 1 saturated carbocycles. The van der Waals surface area contributed by atoms with Crippen LogP contribution in [0, 0.1) is 5.92 Å². The summed E-state index contributed by atoms with van der Waals surface area (Å²) in [6.45, 7) is 0. The zero-order valence-electron chi connectivity index (χ0n) is 14.3. The molecule has 1 fully saturated rings. The predicted octanol–water partition coefficient (Wildman–Crippen LogP) is 4.92. The maximum absolute atomic E-state index is 6.16. The van der Waals surface area contributed by atoms with Crippen molar-refractivity contribution in [3.8, 4) is 11.5 Å². The lowest BCUT2D eigenvalue weighted by Gasteiger charge is -2.05. The van der Waals surface area contributed by atoms with Crippen LogP contribution in [0.15, 0.2) is 33.9 Å². The van der Waals surface area contributed by atoms with Gasteiger partial charge in [-0.2, -0.15) is 4.98 Å². The van der Waals surface area contributed by atoms with Gasteiger partial charge in [0, 0.05) is 6.42 Å². The minimum Gasteiger partial charge on any atom is -0.334 e. The van der Waals surface area contributed by atoms with Crippen LogP contribution in [0.1, 0.15) is 43.8 Å². The zero-order valence-corrected chi connectivity index (χ0v) is 15.9. The van der Waals surface area contributed by atoms with Crippen molar-refractivity contribution >= 4 is 23.4 Å². The van der Waals surface area contributed by atoms with E-state index in [4.69, 9.17) is 16.1 Å². The van der Waals surface area contributed by atoms with Crippen LogP contribution in [0.4, 0.5) is 0 Å². The van der Waals surface area contributed by atoms with Crippen molar-refractivity contribution in [1.82, 2.24) is 25.3 Å². The number of aromatic nitrogens is 5. The Morgan fingerprint density at radius 1 is 1.19 bits per heavy atom. The van der Waals surface area contributed by atoms with E-state index < -0.39 is 0 Å². The van der Waals surface area contributed by atoms with Gasteiger partial charge in [-0.25, -0.2) is 4.98 Å². The van der Waals surface area contributed by atoms with Crippen molar-refractivity contribution in [2.24, 2.45) is 5.92 Å². The van der Waals surface area contributed by atoms with Crippen molar-refractivity contribution in [3.05, 3.63) is 40.9 Å². The number of rotatable bonds is 7. The Kier molecular flexibility index (Phi) is 5.55. The Balaban J connectivity index is 1.31. The maximum atomic E-state index is 6.16. The highest BCUT2D eigenvalue weighted by atomic mass is 35.5. The number of thioether (sulfide) groups is 1. The molecule has 26 heavy (non-hydrogen) atoms. The lowest BCUT2D eigenvalue weighted by molar-refractivity contribution is 0.425. The summed E-state index contributed by atoms with van der Waals surface area (Å²) in [5, 5.41) is 12.6. The summed E-state index contributed by atoms with van der Waals surface area (Å²) >= 11 is 7.66. The molecule has 1 aliphatic carbocycles. The summed E-state index contributed by atoms with van der Waals surface area (Å²) in [5.74, 6) is 3.40. The number of nitrogens with one attached hydrogen (secondary N) is 1. The highest BCUT2D eigenvalue weighted by Crippen LogP contribution is 2.29. The van der Waals surface area contributed by atoms with E-state index in [-0.39, 0.29) is 0 Å². The van der Waals surface area contributed by atoms with Crippen LogP contribution in [0.3, 0.4) is 0 Å². The molecule has 2 aromatic heterocycles. The molecule has 1 N–H and O–H groups in total. The van der Waals surface area contributed by atoms with Crippen LogP contribution in [-0.2, 0) is 12.2 Å². The van der Waals surface area contributed by atoms with Gasteiger partial charge in [0.05, 0.1) is 16.3 Å². The Morgan fingerprint density at radius 2 is 2.04 bits per heavy atom. The first-order valence-corrected chi connectivity index (χ1v) is 10.3. The van der Waals surface area contributed by atoms with Crippen LogP contribution < -0.4 is 0 Å². The third-order valence-electron chi connectivity index (χ3n) is 4.68. The minimum atomic E-state index is 0.429. The molecule has 0 amide bonds. The van der Waals surface area contributed by atoms with E-state index in [0.29, 0.717) is 22.5 Å². The smallest absolute Gasteiger partial charge is 0.259 e. The van der Waals surface area contributed by atoms with E-state index in [9.17, 15) is 0 Å². The first kappa shape index (κ1) is 17.5. The molecule has 0 spiro atoms. The second-order valence-electron chi connectivity index (χ2n) is 6.54. The lowest BCUT2D eigenvalue weighted by Crippen LogP contribution is -1.97. The van der Waals surface area contributed by atoms with Gasteiger partial charge in [0.25, 0.3) is 5.89 Å². The molecular weight excluding hydrogens is 370 g/mol. The predicted molar refractivity (Wildman–Crippen MR) is 101 cm³/mol. The molecule has 0 radical (unpaired) electrons. The number of aryl methyl sites for hydroxylation is 1. The molecule has 1 aromatic carbocycles. The van der Waals surface area contributed by atoms with Crippen LogP contribution in [0.25, 0.3) is 11.5 Å². The molecule has 1 aliphatic rings. The average Bonchev–Trinajstić information content (AvgIpc) is 3.40. The summed E-state index contributed by atoms with van der Waals surface area (Å²) in [4.78, 5) is 8.96. The molecule has 0 aliphatic heterocycles. The largest absolute Gasteiger partial charge is 0.334 e. The first-order chi connectivity index (χ1) is 12.8. The van der Waals surface area contributed by atoms with Crippen LogP contribution in [0.5, 0.6) is 0 Å². The van der Waals surface area contributed by atoms with E-state index >= 15 is 0 Å². The highest BCUT2D eigenvalue weighted by Gasteiger charge is 2.16. The third kappa shape index (κ3) is 4.27. The van der Waals surface area contributed by atoms with Crippen LogP contribution >= 0.6 is 23.4 Å². The number of hydrogen-bond acceptors (Lipinski definition) is 6. The number of halogens is 1. The standard InChI is InChI=1S/C18H20ClN5OS/c19-14-8-4-3-7-13(14)17-20-16(24-25-17)11-26-18-21-15(22-23-18)10-9-12-5-1-2-6-12/h3-4,7-8,12H,1-2,5-6,9-11H2,(H,21,22,23). The van der Waals surface area contributed by atoms with Crippen LogP contribution in [-0.4, -0.2) is 25.3 Å². The zero-order chi connectivity index (χ0) is 17.8. The van der Waals surface area contributed by atoms with E-state index in [1.807, 2.05) is 18.2 Å². The number of aromatic amines is 1. The highest BCUT2D eigenvalue weighted by molar-refractivity contribution is 7.98. The molecule has 4 rings (SSSR count). The molecule has 136 valence electrons. The van der Waals surface area contributed by atoms with Crippen molar-refractivity contribution < 1.29 is 4.52 Å². The second kappa shape index (κ2) is 8.22. The van der Waals surface area contributed by atoms with Gasteiger partial charge in [0.15, 0.2) is 5.82 Å². The summed E-state index contributed by atoms with van der Waals surface area (Å²) in [6, 6.07) is 7.42. The molecule has 0 unspecified atom stereocenters. The molecular formula is C18H20ClN5OS. The third-order valence-corrected chi connectivity index (χ3v) is 5.85.